The van der Waals surface area contributed by atoms with E-state index in [4.69, 9.17) is 9.84 Å². The number of carbonyl (C=O) groups excluding carboxylic acids is 1. The fourth-order valence-corrected chi connectivity index (χ4v) is 2.17. The van der Waals surface area contributed by atoms with E-state index >= 15 is 0 Å². The Morgan fingerprint density at radius 1 is 1.33 bits per heavy atom. The highest BCUT2D eigenvalue weighted by Gasteiger charge is 2.45. The predicted octanol–water partition coefficient (Wildman–Crippen LogP) is -0.981. The first-order valence-electron chi connectivity index (χ1n) is 6.34. The molecule has 1 rings (SSSR count). The maximum atomic E-state index is 11.4. The number of rotatable bonds is 4. The Morgan fingerprint density at radius 2 is 1.94 bits per heavy atom. The third-order valence-corrected chi connectivity index (χ3v) is 3.27. The van der Waals surface area contributed by atoms with Gasteiger partial charge in [-0.15, -0.1) is 0 Å². The van der Waals surface area contributed by atoms with E-state index < -0.39 is 30.5 Å². The predicted molar refractivity (Wildman–Crippen MR) is 64.8 cm³/mol. The third kappa shape index (κ3) is 3.20. The average molecular weight is 261 g/mol. The molecule has 1 saturated heterocycles. The van der Waals surface area contributed by atoms with E-state index in [1.807, 2.05) is 13.8 Å². The molecular weight excluding hydrogens is 238 g/mol. The van der Waals surface area contributed by atoms with Crippen LogP contribution in [0.3, 0.4) is 0 Å². The van der Waals surface area contributed by atoms with Gasteiger partial charge in [-0.25, -0.2) is 0 Å². The lowest BCUT2D eigenvalue weighted by molar-refractivity contribution is -0.204. The first-order valence-corrected chi connectivity index (χ1v) is 6.34. The van der Waals surface area contributed by atoms with E-state index in [2.05, 4.69) is 5.32 Å². The maximum absolute atomic E-state index is 11.4. The standard InChI is InChI=1S/C12H23NO5/c1-4-8(15)13-9-11(17)10(16)7(5-14)18-12(9)6(2)3/h6-7,9-12,14,16-17H,4-5H2,1-3H3,(H,13,15). The highest BCUT2D eigenvalue weighted by molar-refractivity contribution is 5.76. The normalized spacial score (nSPS) is 36.7. The monoisotopic (exact) mass is 261 g/mol. The van der Waals surface area contributed by atoms with Crippen LogP contribution in [0.4, 0.5) is 0 Å². The molecule has 106 valence electrons. The van der Waals surface area contributed by atoms with Crippen LogP contribution >= 0.6 is 0 Å². The minimum absolute atomic E-state index is 0.0448. The second-order valence-electron chi connectivity index (χ2n) is 4.99. The molecule has 1 aliphatic heterocycles. The van der Waals surface area contributed by atoms with Gasteiger partial charge in [0, 0.05) is 6.42 Å². The van der Waals surface area contributed by atoms with Gasteiger partial charge in [-0.3, -0.25) is 4.79 Å². The van der Waals surface area contributed by atoms with Crippen LogP contribution in [-0.2, 0) is 9.53 Å². The maximum Gasteiger partial charge on any atom is 0.220 e. The van der Waals surface area contributed by atoms with Crippen molar-refractivity contribution in [3.05, 3.63) is 0 Å². The average Bonchev–Trinajstić information content (AvgIpc) is 2.34. The molecule has 18 heavy (non-hydrogen) atoms. The summed E-state index contributed by atoms with van der Waals surface area (Å²) in [5.74, 6) is -0.161. The van der Waals surface area contributed by atoms with Gasteiger partial charge in [-0.05, 0) is 5.92 Å². The summed E-state index contributed by atoms with van der Waals surface area (Å²) in [5, 5.41) is 31.6. The molecule has 4 N–H and O–H groups in total. The van der Waals surface area contributed by atoms with Crippen LogP contribution in [0.2, 0.25) is 0 Å². The number of ether oxygens (including phenoxy) is 1. The molecule has 0 saturated carbocycles. The fourth-order valence-electron chi connectivity index (χ4n) is 2.17. The number of hydrogen-bond donors (Lipinski definition) is 4. The summed E-state index contributed by atoms with van der Waals surface area (Å²) in [6, 6.07) is -0.657. The van der Waals surface area contributed by atoms with Crippen molar-refractivity contribution in [1.82, 2.24) is 5.32 Å². The molecule has 0 bridgehead atoms. The second-order valence-corrected chi connectivity index (χ2v) is 4.99. The molecule has 1 aliphatic rings. The molecule has 6 heteroatoms. The first kappa shape index (κ1) is 15.4. The minimum atomic E-state index is -1.20. The molecule has 1 heterocycles. The van der Waals surface area contributed by atoms with Gasteiger partial charge >= 0.3 is 0 Å². The summed E-state index contributed by atoms with van der Waals surface area (Å²) in [6.07, 6.45) is -3.29. The number of carbonyl (C=O) groups is 1. The summed E-state index contributed by atoms with van der Waals surface area (Å²) >= 11 is 0. The van der Waals surface area contributed by atoms with Gasteiger partial charge in [0.2, 0.25) is 5.91 Å². The van der Waals surface area contributed by atoms with E-state index in [0.717, 1.165) is 0 Å². The van der Waals surface area contributed by atoms with Crippen molar-refractivity contribution in [2.75, 3.05) is 6.61 Å². The molecule has 0 spiro atoms. The van der Waals surface area contributed by atoms with Crippen molar-refractivity contribution in [1.29, 1.82) is 0 Å². The Kier molecular flexibility index (Phi) is 5.52. The van der Waals surface area contributed by atoms with E-state index in [1.54, 1.807) is 6.92 Å². The Balaban J connectivity index is 2.85. The number of amides is 1. The molecule has 0 aromatic carbocycles. The molecule has 0 aromatic rings. The highest BCUT2D eigenvalue weighted by atomic mass is 16.5. The molecular formula is C12H23NO5. The Labute approximate surface area is 107 Å². The van der Waals surface area contributed by atoms with Gasteiger partial charge < -0.3 is 25.4 Å². The summed E-state index contributed by atoms with van der Waals surface area (Å²) in [5.41, 5.74) is 0. The number of hydrogen-bond acceptors (Lipinski definition) is 5. The molecule has 5 unspecified atom stereocenters. The number of nitrogens with one attached hydrogen (secondary N) is 1. The lowest BCUT2D eigenvalue weighted by atomic mass is 9.87. The quantitative estimate of drug-likeness (QED) is 0.521. The van der Waals surface area contributed by atoms with Crippen molar-refractivity contribution in [2.45, 2.75) is 57.6 Å². The summed E-state index contributed by atoms with van der Waals surface area (Å²) in [6.45, 7) is 5.14. The molecule has 0 aliphatic carbocycles. The van der Waals surface area contributed by atoms with Gasteiger partial charge in [0.1, 0.15) is 18.3 Å². The molecule has 5 atom stereocenters. The van der Waals surface area contributed by atoms with Crippen molar-refractivity contribution < 1.29 is 24.9 Å². The van der Waals surface area contributed by atoms with Gasteiger partial charge in [0.25, 0.3) is 0 Å². The van der Waals surface area contributed by atoms with Gasteiger partial charge in [0.05, 0.1) is 18.8 Å². The van der Waals surface area contributed by atoms with E-state index in [1.165, 1.54) is 0 Å². The van der Waals surface area contributed by atoms with Crippen molar-refractivity contribution in [2.24, 2.45) is 5.92 Å². The Morgan fingerprint density at radius 3 is 2.39 bits per heavy atom. The van der Waals surface area contributed by atoms with Gasteiger partial charge in [-0.2, -0.15) is 0 Å². The molecule has 0 radical (unpaired) electrons. The summed E-state index contributed by atoms with van der Waals surface area (Å²) < 4.78 is 5.56. The van der Waals surface area contributed by atoms with Gasteiger partial charge in [-0.1, -0.05) is 20.8 Å². The molecule has 6 nitrogen and oxygen atoms in total. The van der Waals surface area contributed by atoms with Crippen LogP contribution in [0.5, 0.6) is 0 Å². The molecule has 1 fully saturated rings. The topological polar surface area (TPSA) is 99.0 Å². The zero-order valence-electron chi connectivity index (χ0n) is 11.0. The zero-order valence-corrected chi connectivity index (χ0v) is 11.0. The minimum Gasteiger partial charge on any atom is -0.394 e. The SMILES string of the molecule is CCC(=O)NC1C(O)C(O)C(CO)OC1C(C)C. The second kappa shape index (κ2) is 6.47. The van der Waals surface area contributed by atoms with Crippen LogP contribution in [0.1, 0.15) is 27.2 Å². The van der Waals surface area contributed by atoms with Crippen molar-refractivity contribution in [3.8, 4) is 0 Å². The Bertz CT molecular complexity index is 284. The van der Waals surface area contributed by atoms with Crippen LogP contribution in [-0.4, -0.2) is 58.3 Å². The van der Waals surface area contributed by atoms with Crippen LogP contribution in [0.15, 0.2) is 0 Å². The van der Waals surface area contributed by atoms with Crippen LogP contribution in [0.25, 0.3) is 0 Å². The Hall–Kier alpha value is -0.690. The third-order valence-electron chi connectivity index (χ3n) is 3.27. The smallest absolute Gasteiger partial charge is 0.220 e. The van der Waals surface area contributed by atoms with E-state index in [-0.39, 0.29) is 18.4 Å². The fraction of sp³-hybridized carbons (Fsp3) is 0.917. The first-order chi connectivity index (χ1) is 8.42. The largest absolute Gasteiger partial charge is 0.394 e. The lowest BCUT2D eigenvalue weighted by Crippen LogP contribution is -2.65. The van der Waals surface area contributed by atoms with Crippen molar-refractivity contribution in [3.63, 3.8) is 0 Å². The molecule has 0 aromatic heterocycles. The zero-order chi connectivity index (χ0) is 13.9. The number of aliphatic hydroxyl groups is 3. The van der Waals surface area contributed by atoms with Crippen molar-refractivity contribution >= 4 is 5.91 Å². The van der Waals surface area contributed by atoms with Crippen LogP contribution in [0, 0.1) is 5.92 Å². The molecule has 1 amide bonds. The van der Waals surface area contributed by atoms with E-state index in [9.17, 15) is 15.0 Å². The van der Waals surface area contributed by atoms with E-state index in [0.29, 0.717) is 6.42 Å². The van der Waals surface area contributed by atoms with Gasteiger partial charge in [0.15, 0.2) is 0 Å². The summed E-state index contributed by atoms with van der Waals surface area (Å²) in [4.78, 5) is 11.4. The summed E-state index contributed by atoms with van der Waals surface area (Å²) in [7, 11) is 0. The number of aliphatic hydroxyl groups excluding tert-OH is 3. The van der Waals surface area contributed by atoms with Crippen LogP contribution < -0.4 is 5.32 Å². The lowest BCUT2D eigenvalue weighted by Gasteiger charge is -2.44. The highest BCUT2D eigenvalue weighted by Crippen LogP contribution is 2.25.